The number of carbonyl (C=O) groups is 2. The minimum Gasteiger partial charge on any atom is -0.465 e. The van der Waals surface area contributed by atoms with E-state index in [9.17, 15) is 18.0 Å². The molecule has 0 radical (unpaired) electrons. The van der Waals surface area contributed by atoms with Gasteiger partial charge in [0.25, 0.3) is 0 Å². The summed E-state index contributed by atoms with van der Waals surface area (Å²) in [7, 11) is -4.33. The molecule has 0 unspecified atom stereocenters. The predicted octanol–water partition coefficient (Wildman–Crippen LogP) is 5.16. The molecule has 0 amide bonds. The van der Waals surface area contributed by atoms with Crippen LogP contribution in [-0.4, -0.2) is 44.1 Å². The van der Waals surface area contributed by atoms with Gasteiger partial charge in [0.1, 0.15) is 0 Å². The number of thioether (sulfide) groups is 1. The summed E-state index contributed by atoms with van der Waals surface area (Å²) in [4.78, 5) is 26.9. The lowest BCUT2D eigenvalue weighted by Crippen LogP contribution is -2.50. The third-order valence-electron chi connectivity index (χ3n) is 6.27. The molecule has 0 aromatic heterocycles. The number of esters is 2. The monoisotopic (exact) mass is 534 g/mol. The minimum absolute atomic E-state index is 0.0211. The maximum Gasteiger partial charge on any atom is 0.328 e. The Morgan fingerprint density at radius 1 is 0.943 bits per heavy atom. The Hall–Kier alpha value is -2.29. The van der Waals surface area contributed by atoms with E-state index in [-0.39, 0.29) is 18.5 Å². The van der Waals surface area contributed by atoms with Gasteiger partial charge in [0.2, 0.25) is 0 Å². The van der Waals surface area contributed by atoms with Gasteiger partial charge in [0, 0.05) is 16.2 Å². The molecule has 35 heavy (non-hydrogen) atoms. The zero-order valence-corrected chi connectivity index (χ0v) is 22.1. The molecule has 0 spiro atoms. The SMILES string of the molecule is CCOC(=O)[C@H]1C2=C(S[C@@H](c3ccc(C)cc3)C2)[C@@H](c2ccc(Cl)cc2)[C@H](C(=O)OCC)S1(=O)=O. The zero-order valence-electron chi connectivity index (χ0n) is 19.7. The van der Waals surface area contributed by atoms with Crippen molar-refractivity contribution in [3.05, 3.63) is 80.7 Å². The number of hydrogen-bond acceptors (Lipinski definition) is 7. The number of allylic oxidation sites excluding steroid dienone is 1. The fraction of sp³-hybridized carbons (Fsp3) is 0.385. The number of halogens is 1. The van der Waals surface area contributed by atoms with Crippen molar-refractivity contribution in [1.82, 2.24) is 0 Å². The van der Waals surface area contributed by atoms with Gasteiger partial charge in [-0.2, -0.15) is 0 Å². The zero-order chi connectivity index (χ0) is 25.3. The van der Waals surface area contributed by atoms with E-state index < -0.39 is 38.2 Å². The normalized spacial score (nSPS) is 25.1. The molecule has 2 aliphatic heterocycles. The van der Waals surface area contributed by atoms with Gasteiger partial charge in [0.15, 0.2) is 20.3 Å². The summed E-state index contributed by atoms with van der Waals surface area (Å²) in [5.41, 5.74) is 3.27. The summed E-state index contributed by atoms with van der Waals surface area (Å²) < 4.78 is 38.3. The van der Waals surface area contributed by atoms with Crippen LogP contribution in [0.3, 0.4) is 0 Å². The fourth-order valence-corrected chi connectivity index (χ4v) is 8.88. The number of rotatable bonds is 6. The molecule has 0 fully saturated rings. The van der Waals surface area contributed by atoms with E-state index in [1.807, 2.05) is 31.2 Å². The van der Waals surface area contributed by atoms with Crippen LogP contribution in [0.2, 0.25) is 5.02 Å². The first kappa shape index (κ1) is 25.8. The molecule has 2 aromatic rings. The Labute approximate surface area is 214 Å². The van der Waals surface area contributed by atoms with Gasteiger partial charge in [-0.15, -0.1) is 11.8 Å². The number of ether oxygens (including phenoxy) is 2. The van der Waals surface area contributed by atoms with Crippen LogP contribution in [0.1, 0.15) is 48.1 Å². The van der Waals surface area contributed by atoms with Crippen LogP contribution < -0.4 is 0 Å². The molecule has 0 aliphatic carbocycles. The molecule has 2 aliphatic rings. The molecule has 0 N–H and O–H groups in total. The maximum absolute atomic E-state index is 14.0. The fourth-order valence-electron chi connectivity index (χ4n) is 4.70. The van der Waals surface area contributed by atoms with Gasteiger partial charge < -0.3 is 9.47 Å². The summed E-state index contributed by atoms with van der Waals surface area (Å²) in [5, 5.41) is -2.71. The molecular weight excluding hydrogens is 508 g/mol. The summed E-state index contributed by atoms with van der Waals surface area (Å²) in [6, 6.07) is 14.8. The van der Waals surface area contributed by atoms with Crippen molar-refractivity contribution in [2.75, 3.05) is 13.2 Å². The van der Waals surface area contributed by atoms with Gasteiger partial charge in [-0.3, -0.25) is 9.59 Å². The lowest BCUT2D eigenvalue weighted by molar-refractivity contribution is -0.142. The standard InChI is InChI=1S/C26H27ClO6S2/c1-4-32-25(28)23-19-14-20(16-8-6-15(3)7-9-16)34-22(19)21(17-10-12-18(27)13-11-17)24(35(23,30)31)26(29)33-5-2/h6-13,20-21,23-24H,4-5,14H2,1-3H3/t20-,21-,23-,24-/m1/s1. The molecule has 6 nitrogen and oxygen atoms in total. The van der Waals surface area contributed by atoms with Crippen LogP contribution in [0.25, 0.3) is 0 Å². The Bertz CT molecular complexity index is 1250. The van der Waals surface area contributed by atoms with Crippen LogP contribution in [0.5, 0.6) is 0 Å². The van der Waals surface area contributed by atoms with Gasteiger partial charge >= 0.3 is 11.9 Å². The van der Waals surface area contributed by atoms with Crippen molar-refractivity contribution >= 4 is 45.1 Å². The van der Waals surface area contributed by atoms with Crippen molar-refractivity contribution in [2.24, 2.45) is 0 Å². The van der Waals surface area contributed by atoms with Crippen molar-refractivity contribution in [1.29, 1.82) is 0 Å². The third kappa shape index (κ3) is 4.88. The second-order valence-electron chi connectivity index (χ2n) is 8.53. The first-order valence-corrected chi connectivity index (χ1v) is 14.3. The molecule has 9 heteroatoms. The molecule has 0 saturated carbocycles. The highest BCUT2D eigenvalue weighted by Gasteiger charge is 2.58. The Morgan fingerprint density at radius 2 is 1.51 bits per heavy atom. The predicted molar refractivity (Wildman–Crippen MR) is 137 cm³/mol. The number of benzene rings is 2. The summed E-state index contributed by atoms with van der Waals surface area (Å²) in [6.07, 6.45) is 0.366. The van der Waals surface area contributed by atoms with E-state index in [1.54, 1.807) is 38.1 Å². The molecule has 4 atom stereocenters. The second-order valence-corrected chi connectivity index (χ2v) is 12.4. The van der Waals surface area contributed by atoms with Crippen molar-refractivity contribution in [3.8, 4) is 0 Å². The van der Waals surface area contributed by atoms with E-state index >= 15 is 0 Å². The van der Waals surface area contributed by atoms with Crippen LogP contribution in [-0.2, 0) is 28.9 Å². The molecule has 186 valence electrons. The van der Waals surface area contributed by atoms with Crippen molar-refractivity contribution in [2.45, 2.75) is 48.9 Å². The minimum atomic E-state index is -4.33. The lowest BCUT2D eigenvalue weighted by atomic mass is 9.89. The lowest BCUT2D eigenvalue weighted by Gasteiger charge is -2.35. The summed E-state index contributed by atoms with van der Waals surface area (Å²) >= 11 is 7.60. The highest BCUT2D eigenvalue weighted by molar-refractivity contribution is 8.04. The Balaban J connectivity index is 1.90. The number of sulfone groups is 1. The van der Waals surface area contributed by atoms with E-state index in [1.165, 1.54) is 11.8 Å². The van der Waals surface area contributed by atoms with Gasteiger partial charge in [0.05, 0.1) is 13.2 Å². The van der Waals surface area contributed by atoms with E-state index in [2.05, 4.69) is 0 Å². The topological polar surface area (TPSA) is 86.7 Å². The summed E-state index contributed by atoms with van der Waals surface area (Å²) in [6.45, 7) is 5.30. The third-order valence-corrected chi connectivity index (χ3v) is 10.3. The first-order valence-electron chi connectivity index (χ1n) is 11.5. The van der Waals surface area contributed by atoms with E-state index in [0.717, 1.165) is 11.1 Å². The molecule has 2 heterocycles. The quantitative estimate of drug-likeness (QED) is 0.473. The number of hydrogen-bond donors (Lipinski definition) is 0. The average Bonchev–Trinajstić information content (AvgIpc) is 3.23. The summed E-state index contributed by atoms with van der Waals surface area (Å²) in [5.74, 6) is -2.53. The molecular formula is C26H27ClO6S2. The van der Waals surface area contributed by atoms with Gasteiger partial charge in [-0.1, -0.05) is 53.6 Å². The Morgan fingerprint density at radius 3 is 2.11 bits per heavy atom. The first-order chi connectivity index (χ1) is 16.7. The van der Waals surface area contributed by atoms with Crippen LogP contribution in [0.4, 0.5) is 0 Å². The van der Waals surface area contributed by atoms with Gasteiger partial charge in [-0.05, 0) is 60.9 Å². The molecule has 4 rings (SSSR count). The van der Waals surface area contributed by atoms with Crippen LogP contribution in [0.15, 0.2) is 59.0 Å². The van der Waals surface area contributed by atoms with Crippen molar-refractivity contribution < 1.29 is 27.5 Å². The van der Waals surface area contributed by atoms with E-state index in [0.29, 0.717) is 27.5 Å². The molecule has 0 bridgehead atoms. The van der Waals surface area contributed by atoms with Crippen LogP contribution in [0, 0.1) is 6.92 Å². The van der Waals surface area contributed by atoms with E-state index in [4.69, 9.17) is 21.1 Å². The average molecular weight is 535 g/mol. The largest absolute Gasteiger partial charge is 0.465 e. The number of aryl methyl sites for hydroxylation is 1. The maximum atomic E-state index is 14.0. The smallest absolute Gasteiger partial charge is 0.328 e. The van der Waals surface area contributed by atoms with Gasteiger partial charge in [-0.25, -0.2) is 8.42 Å². The molecule has 2 aromatic carbocycles. The number of carbonyl (C=O) groups excluding carboxylic acids is 2. The molecule has 0 saturated heterocycles. The highest BCUT2D eigenvalue weighted by Crippen LogP contribution is 2.58. The van der Waals surface area contributed by atoms with Crippen molar-refractivity contribution in [3.63, 3.8) is 0 Å². The highest BCUT2D eigenvalue weighted by atomic mass is 35.5. The Kier molecular flexibility index (Phi) is 7.64. The van der Waals surface area contributed by atoms with Crippen LogP contribution >= 0.6 is 23.4 Å². The second kappa shape index (κ2) is 10.4.